The van der Waals surface area contributed by atoms with Gasteiger partial charge in [0.05, 0.1) is 0 Å². The average Bonchev–Trinajstić information content (AvgIpc) is 2.75. The van der Waals surface area contributed by atoms with Gasteiger partial charge in [-0.2, -0.15) is 13.2 Å². The van der Waals surface area contributed by atoms with Crippen molar-refractivity contribution in [3.05, 3.63) is 0 Å². The summed E-state index contributed by atoms with van der Waals surface area (Å²) >= 11 is 0. The normalized spacial score (nSPS) is 33.8. The van der Waals surface area contributed by atoms with Gasteiger partial charge in [-0.25, -0.2) is 0 Å². The lowest BCUT2D eigenvalue weighted by Crippen LogP contribution is -2.50. The van der Waals surface area contributed by atoms with Crippen molar-refractivity contribution in [3.8, 4) is 0 Å². The third-order valence-corrected chi connectivity index (χ3v) is 2.91. The van der Waals surface area contributed by atoms with Crippen molar-refractivity contribution in [3.63, 3.8) is 0 Å². The molecular formula is C8H9F3N2O2. The summed E-state index contributed by atoms with van der Waals surface area (Å²) in [5.74, 6) is -2.79. The van der Waals surface area contributed by atoms with Crippen molar-refractivity contribution in [2.45, 2.75) is 31.1 Å². The molecule has 4 nitrogen and oxygen atoms in total. The van der Waals surface area contributed by atoms with Gasteiger partial charge in [0.25, 0.3) is 0 Å². The lowest BCUT2D eigenvalue weighted by atomic mass is 10.1. The number of hydrogen-bond acceptors (Lipinski definition) is 2. The number of carbonyl (C=O) groups excluding carboxylic acids is 2. The first kappa shape index (κ1) is 10.3. The standard InChI is InChI=1S/C8H9F3N2O2/c9-8(10,11)7(15)13-4-1-3(4)2-5(13)6(12)14/h3-5H,1-2H2,(H2,12,14)/t3-,4+,5+/m0/s1. The SMILES string of the molecule is NC(=O)[C@H]1C[C@@H]2C[C@H]2N1C(=O)C(F)(F)F. The van der Waals surface area contributed by atoms with Gasteiger partial charge in [-0.3, -0.25) is 9.59 Å². The maximum absolute atomic E-state index is 12.2. The van der Waals surface area contributed by atoms with Crippen LogP contribution in [0.5, 0.6) is 0 Å². The summed E-state index contributed by atoms with van der Waals surface area (Å²) in [5.41, 5.74) is 4.95. The zero-order valence-corrected chi connectivity index (χ0v) is 7.62. The van der Waals surface area contributed by atoms with E-state index in [9.17, 15) is 22.8 Å². The molecule has 1 aliphatic carbocycles. The fourth-order valence-corrected chi connectivity index (χ4v) is 2.15. The molecule has 0 aromatic carbocycles. The molecule has 1 saturated carbocycles. The van der Waals surface area contributed by atoms with Crippen LogP contribution >= 0.6 is 0 Å². The summed E-state index contributed by atoms with van der Waals surface area (Å²) in [6.07, 6.45) is -4.11. The molecular weight excluding hydrogens is 213 g/mol. The number of primary amides is 1. The highest BCUT2D eigenvalue weighted by atomic mass is 19.4. The molecule has 1 heterocycles. The number of likely N-dealkylation sites (tertiary alicyclic amines) is 1. The number of hydrogen-bond donors (Lipinski definition) is 1. The molecule has 7 heteroatoms. The summed E-state index contributed by atoms with van der Waals surface area (Å²) in [6.45, 7) is 0. The van der Waals surface area contributed by atoms with Gasteiger partial charge in [0.15, 0.2) is 0 Å². The number of piperidine rings is 1. The van der Waals surface area contributed by atoms with Crippen LogP contribution in [-0.4, -0.2) is 35.0 Å². The average molecular weight is 222 g/mol. The van der Waals surface area contributed by atoms with Gasteiger partial charge in [-0.1, -0.05) is 0 Å². The molecule has 15 heavy (non-hydrogen) atoms. The first-order chi connectivity index (χ1) is 6.82. The summed E-state index contributed by atoms with van der Waals surface area (Å²) in [5, 5.41) is 0. The molecule has 2 amide bonds. The lowest BCUT2D eigenvalue weighted by molar-refractivity contribution is -0.187. The van der Waals surface area contributed by atoms with E-state index in [0.29, 0.717) is 11.3 Å². The molecule has 2 aliphatic rings. The van der Waals surface area contributed by atoms with E-state index in [0.717, 1.165) is 0 Å². The van der Waals surface area contributed by atoms with Crippen LogP contribution in [0.15, 0.2) is 0 Å². The van der Waals surface area contributed by atoms with Gasteiger partial charge in [-0.05, 0) is 18.8 Å². The molecule has 1 aliphatic heterocycles. The van der Waals surface area contributed by atoms with Crippen LogP contribution in [0.2, 0.25) is 0 Å². The maximum Gasteiger partial charge on any atom is 0.471 e. The first-order valence-electron chi connectivity index (χ1n) is 4.51. The zero-order valence-electron chi connectivity index (χ0n) is 7.62. The van der Waals surface area contributed by atoms with Crippen LogP contribution in [0.3, 0.4) is 0 Å². The fraction of sp³-hybridized carbons (Fsp3) is 0.750. The molecule has 0 aromatic heterocycles. The summed E-state index contributed by atoms with van der Waals surface area (Å²) in [4.78, 5) is 22.5. The highest BCUT2D eigenvalue weighted by Gasteiger charge is 2.60. The molecule has 0 bridgehead atoms. The van der Waals surface area contributed by atoms with Crippen LogP contribution in [0.25, 0.3) is 0 Å². The molecule has 2 rings (SSSR count). The highest BCUT2D eigenvalue weighted by molar-refractivity contribution is 5.90. The van der Waals surface area contributed by atoms with E-state index < -0.39 is 30.1 Å². The number of halogens is 3. The van der Waals surface area contributed by atoms with Gasteiger partial charge < -0.3 is 10.6 Å². The number of carbonyl (C=O) groups is 2. The van der Waals surface area contributed by atoms with Crippen LogP contribution in [-0.2, 0) is 9.59 Å². The summed E-state index contributed by atoms with van der Waals surface area (Å²) in [6, 6.07) is -1.51. The van der Waals surface area contributed by atoms with Crippen LogP contribution < -0.4 is 5.73 Å². The Bertz CT molecular complexity index is 328. The van der Waals surface area contributed by atoms with Gasteiger partial charge in [0, 0.05) is 6.04 Å². The Labute approximate surface area is 83.2 Å². The highest BCUT2D eigenvalue weighted by Crippen LogP contribution is 2.48. The molecule has 3 atom stereocenters. The number of amides is 2. The second-order valence-corrected chi connectivity index (χ2v) is 3.93. The van der Waals surface area contributed by atoms with Crippen molar-refractivity contribution in [1.82, 2.24) is 4.90 Å². The Balaban J connectivity index is 2.19. The smallest absolute Gasteiger partial charge is 0.368 e. The number of nitrogens with zero attached hydrogens (tertiary/aromatic N) is 1. The van der Waals surface area contributed by atoms with Gasteiger partial charge in [0.2, 0.25) is 5.91 Å². The lowest BCUT2D eigenvalue weighted by Gasteiger charge is -2.25. The Morgan fingerprint density at radius 2 is 1.87 bits per heavy atom. The second-order valence-electron chi connectivity index (χ2n) is 3.93. The fourth-order valence-electron chi connectivity index (χ4n) is 2.15. The molecule has 0 aromatic rings. The van der Waals surface area contributed by atoms with Crippen LogP contribution in [0.4, 0.5) is 13.2 Å². The summed E-state index contributed by atoms with van der Waals surface area (Å²) in [7, 11) is 0. The van der Waals surface area contributed by atoms with E-state index >= 15 is 0 Å². The quantitative estimate of drug-likeness (QED) is 0.680. The van der Waals surface area contributed by atoms with Crippen molar-refractivity contribution in [2.24, 2.45) is 11.7 Å². The Morgan fingerprint density at radius 1 is 1.27 bits per heavy atom. The van der Waals surface area contributed by atoms with E-state index in [2.05, 4.69) is 0 Å². The molecule has 84 valence electrons. The van der Waals surface area contributed by atoms with Crippen molar-refractivity contribution < 1.29 is 22.8 Å². The van der Waals surface area contributed by atoms with Gasteiger partial charge in [0.1, 0.15) is 6.04 Å². The minimum atomic E-state index is -4.93. The van der Waals surface area contributed by atoms with Gasteiger partial charge >= 0.3 is 12.1 Å². The number of rotatable bonds is 1. The Hall–Kier alpha value is -1.27. The van der Waals surface area contributed by atoms with Gasteiger partial charge in [-0.15, -0.1) is 0 Å². The number of fused-ring (bicyclic) bond motifs is 1. The molecule has 2 N–H and O–H groups in total. The topological polar surface area (TPSA) is 63.4 Å². The maximum atomic E-state index is 12.2. The third-order valence-electron chi connectivity index (χ3n) is 2.91. The van der Waals surface area contributed by atoms with Crippen molar-refractivity contribution >= 4 is 11.8 Å². The predicted octanol–water partition coefficient (Wildman–Crippen LogP) is 0.0234. The van der Waals surface area contributed by atoms with E-state index in [4.69, 9.17) is 5.73 Å². The van der Waals surface area contributed by atoms with E-state index in [1.165, 1.54) is 0 Å². The molecule has 0 unspecified atom stereocenters. The Morgan fingerprint density at radius 3 is 2.33 bits per heavy atom. The monoisotopic (exact) mass is 222 g/mol. The number of alkyl halides is 3. The van der Waals surface area contributed by atoms with Crippen LogP contribution in [0, 0.1) is 5.92 Å². The van der Waals surface area contributed by atoms with Crippen molar-refractivity contribution in [2.75, 3.05) is 0 Å². The first-order valence-corrected chi connectivity index (χ1v) is 4.51. The molecule has 2 fully saturated rings. The minimum absolute atomic E-state index is 0.0220. The molecule has 1 saturated heterocycles. The third kappa shape index (κ3) is 1.55. The number of nitrogens with two attached hydrogens (primary N) is 1. The minimum Gasteiger partial charge on any atom is -0.368 e. The predicted molar refractivity (Wildman–Crippen MR) is 42.4 cm³/mol. The van der Waals surface area contributed by atoms with Crippen LogP contribution in [0.1, 0.15) is 12.8 Å². The van der Waals surface area contributed by atoms with E-state index in [1.54, 1.807) is 0 Å². The second kappa shape index (κ2) is 2.86. The molecule has 0 spiro atoms. The molecule has 0 radical (unpaired) electrons. The van der Waals surface area contributed by atoms with Crippen molar-refractivity contribution in [1.29, 1.82) is 0 Å². The Kier molecular flexibility index (Phi) is 1.96. The largest absolute Gasteiger partial charge is 0.471 e. The zero-order chi connectivity index (χ0) is 11.4. The van der Waals surface area contributed by atoms with E-state index in [-0.39, 0.29) is 12.3 Å². The summed E-state index contributed by atoms with van der Waals surface area (Å²) < 4.78 is 36.6. The van der Waals surface area contributed by atoms with E-state index in [1.807, 2.05) is 0 Å².